The normalized spacial score (nSPS) is 14.1. The number of nitrogens with zero attached hydrogens (tertiary/aromatic N) is 1. The van der Waals surface area contributed by atoms with Crippen LogP contribution in [0.1, 0.15) is 11.3 Å². The van der Waals surface area contributed by atoms with Gasteiger partial charge in [-0.15, -0.1) is 0 Å². The molecular formula is C23H24N2O3. The van der Waals surface area contributed by atoms with Crippen molar-refractivity contribution in [2.45, 2.75) is 13.0 Å². The summed E-state index contributed by atoms with van der Waals surface area (Å²) in [6, 6.07) is 14.8. The number of aromatic nitrogens is 1. The number of carbonyl (C=O) groups excluding carboxylic acids is 1. The van der Waals surface area contributed by atoms with Crippen LogP contribution in [0.5, 0.6) is 5.75 Å². The molecule has 0 atom stereocenters. The molecule has 0 saturated heterocycles. The molecule has 144 valence electrons. The zero-order valence-electron chi connectivity index (χ0n) is 16.2. The van der Waals surface area contributed by atoms with Crippen LogP contribution in [-0.4, -0.2) is 37.8 Å². The highest BCUT2D eigenvalue weighted by molar-refractivity contribution is 5.91. The van der Waals surface area contributed by atoms with Crippen LogP contribution in [0.25, 0.3) is 28.1 Å². The van der Waals surface area contributed by atoms with E-state index in [4.69, 9.17) is 9.47 Å². The Morgan fingerprint density at radius 3 is 2.82 bits per heavy atom. The molecule has 0 aliphatic carbocycles. The number of methoxy groups -OCH3 is 2. The molecule has 1 aliphatic heterocycles. The van der Waals surface area contributed by atoms with E-state index in [0.29, 0.717) is 0 Å². The lowest BCUT2D eigenvalue weighted by Gasteiger charge is -2.10. The van der Waals surface area contributed by atoms with E-state index in [-0.39, 0.29) is 5.97 Å². The molecule has 0 bridgehead atoms. The van der Waals surface area contributed by atoms with Gasteiger partial charge in [0.05, 0.1) is 14.2 Å². The van der Waals surface area contributed by atoms with Gasteiger partial charge in [0.2, 0.25) is 0 Å². The number of esters is 1. The van der Waals surface area contributed by atoms with Crippen LogP contribution in [0.3, 0.4) is 0 Å². The number of hydrogen-bond donors (Lipinski definition) is 1. The van der Waals surface area contributed by atoms with Crippen molar-refractivity contribution in [2.75, 3.05) is 27.3 Å². The monoisotopic (exact) mass is 376 g/mol. The summed E-state index contributed by atoms with van der Waals surface area (Å²) < 4.78 is 12.5. The Balaban J connectivity index is 1.78. The molecule has 2 heterocycles. The molecule has 3 aromatic rings. The summed E-state index contributed by atoms with van der Waals surface area (Å²) in [5.74, 6) is 0.367. The highest BCUT2D eigenvalue weighted by Gasteiger charge is 2.13. The smallest absolute Gasteiger partial charge is 0.330 e. The fraction of sp³-hybridized carbons (Fsp3) is 0.261. The SMILES string of the molecule is COC(=O)/C=C/c1cc(OC)ccc1-c1ccc2c(c1)cc1n2CCNCC1. The van der Waals surface area contributed by atoms with E-state index < -0.39 is 0 Å². The second-order valence-corrected chi connectivity index (χ2v) is 6.87. The first-order valence-corrected chi connectivity index (χ1v) is 9.47. The fourth-order valence-corrected chi connectivity index (χ4v) is 3.79. The van der Waals surface area contributed by atoms with Crippen molar-refractivity contribution < 1.29 is 14.3 Å². The molecule has 5 heteroatoms. The van der Waals surface area contributed by atoms with Gasteiger partial charge in [-0.05, 0) is 53.1 Å². The first kappa shape index (κ1) is 18.3. The summed E-state index contributed by atoms with van der Waals surface area (Å²) in [6.45, 7) is 3.01. The number of rotatable bonds is 4. The Labute approximate surface area is 164 Å². The third-order valence-corrected chi connectivity index (χ3v) is 5.23. The van der Waals surface area contributed by atoms with Crippen molar-refractivity contribution >= 4 is 22.9 Å². The summed E-state index contributed by atoms with van der Waals surface area (Å²) in [6.07, 6.45) is 4.25. The Morgan fingerprint density at radius 1 is 1.11 bits per heavy atom. The number of fused-ring (bicyclic) bond motifs is 3. The molecule has 1 aliphatic rings. The second-order valence-electron chi connectivity index (χ2n) is 6.87. The van der Waals surface area contributed by atoms with Gasteiger partial charge in [-0.3, -0.25) is 0 Å². The number of nitrogens with one attached hydrogen (secondary N) is 1. The second kappa shape index (κ2) is 7.90. The number of carbonyl (C=O) groups is 1. The van der Waals surface area contributed by atoms with E-state index >= 15 is 0 Å². The molecule has 1 N–H and O–H groups in total. The summed E-state index contributed by atoms with van der Waals surface area (Å²) in [5.41, 5.74) is 5.71. The van der Waals surface area contributed by atoms with Crippen LogP contribution in [-0.2, 0) is 22.5 Å². The van der Waals surface area contributed by atoms with Crippen molar-refractivity contribution in [3.63, 3.8) is 0 Å². The molecule has 0 unspecified atom stereocenters. The van der Waals surface area contributed by atoms with E-state index in [1.807, 2.05) is 18.2 Å². The summed E-state index contributed by atoms with van der Waals surface area (Å²) >= 11 is 0. The van der Waals surface area contributed by atoms with Gasteiger partial charge in [-0.25, -0.2) is 4.79 Å². The maximum atomic E-state index is 11.6. The van der Waals surface area contributed by atoms with Crippen LogP contribution in [0.2, 0.25) is 0 Å². The largest absolute Gasteiger partial charge is 0.497 e. The van der Waals surface area contributed by atoms with Crippen LogP contribution in [0, 0.1) is 0 Å². The standard InChI is InChI=1S/C23H24N2O3/c1-27-20-5-6-21(17(15-20)4-8-23(26)28-2)16-3-7-22-18(13-16)14-19-9-10-24-11-12-25(19)22/h3-8,13-15,24H,9-12H2,1-2H3/b8-4+. The number of benzene rings is 2. The summed E-state index contributed by atoms with van der Waals surface area (Å²) in [7, 11) is 3.01. The lowest BCUT2D eigenvalue weighted by molar-refractivity contribution is -0.134. The molecule has 28 heavy (non-hydrogen) atoms. The highest BCUT2D eigenvalue weighted by atomic mass is 16.5. The zero-order chi connectivity index (χ0) is 19.5. The van der Waals surface area contributed by atoms with Crippen LogP contribution in [0.4, 0.5) is 0 Å². The van der Waals surface area contributed by atoms with Crippen LogP contribution < -0.4 is 10.1 Å². The molecule has 1 aromatic heterocycles. The predicted octanol–water partition coefficient (Wildman–Crippen LogP) is 3.65. The fourth-order valence-electron chi connectivity index (χ4n) is 3.79. The van der Waals surface area contributed by atoms with Crippen LogP contribution >= 0.6 is 0 Å². The lowest BCUT2D eigenvalue weighted by atomic mass is 9.98. The highest BCUT2D eigenvalue weighted by Crippen LogP contribution is 2.32. The zero-order valence-corrected chi connectivity index (χ0v) is 16.2. The van der Waals surface area contributed by atoms with Gasteiger partial charge in [0, 0.05) is 48.7 Å². The average molecular weight is 376 g/mol. The van der Waals surface area contributed by atoms with Crippen LogP contribution in [0.15, 0.2) is 48.5 Å². The molecule has 0 amide bonds. The van der Waals surface area contributed by atoms with Gasteiger partial charge in [0.15, 0.2) is 0 Å². The van der Waals surface area contributed by atoms with Gasteiger partial charge in [-0.1, -0.05) is 12.1 Å². The average Bonchev–Trinajstić information content (AvgIpc) is 2.91. The maximum Gasteiger partial charge on any atom is 0.330 e. The summed E-state index contributed by atoms with van der Waals surface area (Å²) in [4.78, 5) is 11.6. The van der Waals surface area contributed by atoms with Gasteiger partial charge in [-0.2, -0.15) is 0 Å². The van der Waals surface area contributed by atoms with Gasteiger partial charge in [0.1, 0.15) is 5.75 Å². The molecular weight excluding hydrogens is 352 g/mol. The minimum atomic E-state index is -0.381. The number of hydrogen-bond acceptors (Lipinski definition) is 4. The Hall–Kier alpha value is -3.05. The molecule has 5 nitrogen and oxygen atoms in total. The molecule has 0 radical (unpaired) electrons. The van der Waals surface area contributed by atoms with E-state index in [1.165, 1.54) is 29.8 Å². The van der Waals surface area contributed by atoms with E-state index in [2.05, 4.69) is 34.1 Å². The van der Waals surface area contributed by atoms with Crippen molar-refractivity contribution in [3.8, 4) is 16.9 Å². The van der Waals surface area contributed by atoms with E-state index in [9.17, 15) is 4.79 Å². The van der Waals surface area contributed by atoms with Gasteiger partial charge in [0.25, 0.3) is 0 Å². The topological polar surface area (TPSA) is 52.5 Å². The van der Waals surface area contributed by atoms with Crippen molar-refractivity contribution in [2.24, 2.45) is 0 Å². The van der Waals surface area contributed by atoms with Gasteiger partial charge < -0.3 is 19.4 Å². The third-order valence-electron chi connectivity index (χ3n) is 5.23. The minimum Gasteiger partial charge on any atom is -0.497 e. The lowest BCUT2D eigenvalue weighted by Crippen LogP contribution is -2.17. The summed E-state index contributed by atoms with van der Waals surface area (Å²) in [5, 5.41) is 4.69. The number of ether oxygens (including phenoxy) is 2. The maximum absolute atomic E-state index is 11.6. The minimum absolute atomic E-state index is 0.381. The first-order valence-electron chi connectivity index (χ1n) is 9.47. The quantitative estimate of drug-likeness (QED) is 0.558. The predicted molar refractivity (Wildman–Crippen MR) is 112 cm³/mol. The van der Waals surface area contributed by atoms with E-state index in [1.54, 1.807) is 13.2 Å². The molecule has 0 fully saturated rings. The first-order chi connectivity index (χ1) is 13.7. The van der Waals surface area contributed by atoms with Crippen molar-refractivity contribution in [1.82, 2.24) is 9.88 Å². The van der Waals surface area contributed by atoms with Crippen molar-refractivity contribution in [3.05, 3.63) is 59.8 Å². The third kappa shape index (κ3) is 3.53. The Bertz CT molecular complexity index is 1050. The van der Waals surface area contributed by atoms with Gasteiger partial charge >= 0.3 is 5.97 Å². The van der Waals surface area contributed by atoms with E-state index in [0.717, 1.165) is 48.5 Å². The molecule has 0 spiro atoms. The Kier molecular flexibility index (Phi) is 5.17. The van der Waals surface area contributed by atoms with Crippen molar-refractivity contribution in [1.29, 1.82) is 0 Å². The molecule has 0 saturated carbocycles. The molecule has 4 rings (SSSR count). The molecule has 2 aromatic carbocycles. The Morgan fingerprint density at radius 2 is 2.00 bits per heavy atom.